The van der Waals surface area contributed by atoms with Crippen molar-refractivity contribution < 1.29 is 0 Å². The highest BCUT2D eigenvalue weighted by Crippen LogP contribution is 2.22. The molecule has 0 saturated carbocycles. The highest BCUT2D eigenvalue weighted by Gasteiger charge is 2.05. The summed E-state index contributed by atoms with van der Waals surface area (Å²) in [5.74, 6) is 1.63. The van der Waals surface area contributed by atoms with E-state index in [0.717, 1.165) is 35.0 Å². The van der Waals surface area contributed by atoms with E-state index in [1.165, 1.54) is 22.1 Å². The number of fused-ring (bicyclic) bond motifs is 1. The second-order valence-electron chi connectivity index (χ2n) is 6.91. The van der Waals surface area contributed by atoms with E-state index in [9.17, 15) is 0 Å². The third-order valence-electron chi connectivity index (χ3n) is 4.38. The molecule has 0 amide bonds. The van der Waals surface area contributed by atoms with Crippen LogP contribution in [0.15, 0.2) is 54.7 Å². The van der Waals surface area contributed by atoms with Crippen molar-refractivity contribution in [2.24, 2.45) is 0 Å². The fourth-order valence-corrected chi connectivity index (χ4v) is 3.41. The maximum absolute atomic E-state index is 4.68. The van der Waals surface area contributed by atoms with Gasteiger partial charge >= 0.3 is 0 Å². The molecule has 4 nitrogen and oxygen atoms in total. The van der Waals surface area contributed by atoms with Gasteiger partial charge in [-0.15, -0.1) is 0 Å². The van der Waals surface area contributed by atoms with Crippen LogP contribution < -0.4 is 5.32 Å². The largest absolute Gasteiger partial charge is 0.359 e. The second-order valence-corrected chi connectivity index (χ2v) is 6.91. The molecule has 0 aliphatic heterocycles. The van der Waals surface area contributed by atoms with Crippen molar-refractivity contribution in [3.05, 3.63) is 82.9 Å². The SMILES string of the molecule is Cc1cc(C)cc(Cc2nccc(Nc3ccc4[nH]c(C)cc4c3)n2)c1. The molecule has 0 aliphatic carbocycles. The van der Waals surface area contributed by atoms with Gasteiger partial charge in [-0.2, -0.15) is 0 Å². The van der Waals surface area contributed by atoms with E-state index in [-0.39, 0.29) is 0 Å². The van der Waals surface area contributed by atoms with Gasteiger partial charge in [-0.05, 0) is 56.7 Å². The lowest BCUT2D eigenvalue weighted by Crippen LogP contribution is -2.01. The highest BCUT2D eigenvalue weighted by molar-refractivity contribution is 5.84. The number of H-pyrrole nitrogens is 1. The minimum Gasteiger partial charge on any atom is -0.359 e. The van der Waals surface area contributed by atoms with E-state index >= 15 is 0 Å². The van der Waals surface area contributed by atoms with Crippen LogP contribution >= 0.6 is 0 Å². The number of hydrogen-bond donors (Lipinski definition) is 2. The van der Waals surface area contributed by atoms with Crippen LogP contribution in [-0.4, -0.2) is 15.0 Å². The number of rotatable bonds is 4. The molecule has 0 saturated heterocycles. The standard InChI is InChI=1S/C22H22N4/c1-14-8-15(2)10-17(9-14)12-22-23-7-6-21(26-22)25-19-4-5-20-18(13-19)11-16(3)24-20/h4-11,13,24H,12H2,1-3H3,(H,23,25,26). The molecule has 4 heteroatoms. The Morgan fingerprint density at radius 3 is 2.54 bits per heavy atom. The van der Waals surface area contributed by atoms with E-state index in [0.29, 0.717) is 0 Å². The predicted molar refractivity (Wildman–Crippen MR) is 107 cm³/mol. The third-order valence-corrected chi connectivity index (χ3v) is 4.38. The number of nitrogens with zero attached hydrogens (tertiary/aromatic N) is 2. The van der Waals surface area contributed by atoms with Crippen LogP contribution in [0.3, 0.4) is 0 Å². The molecular weight excluding hydrogens is 320 g/mol. The van der Waals surface area contributed by atoms with Gasteiger partial charge in [0.05, 0.1) is 0 Å². The van der Waals surface area contributed by atoms with E-state index in [2.05, 4.69) is 83.5 Å². The molecule has 2 heterocycles. The molecule has 2 aromatic heterocycles. The Morgan fingerprint density at radius 2 is 1.73 bits per heavy atom. The van der Waals surface area contributed by atoms with Gasteiger partial charge in [0.1, 0.15) is 11.6 Å². The van der Waals surface area contributed by atoms with Gasteiger partial charge in [0.15, 0.2) is 0 Å². The van der Waals surface area contributed by atoms with Gasteiger partial charge in [0, 0.05) is 34.9 Å². The van der Waals surface area contributed by atoms with Crippen LogP contribution in [0, 0.1) is 20.8 Å². The van der Waals surface area contributed by atoms with Crippen LogP contribution in [0.2, 0.25) is 0 Å². The summed E-state index contributed by atoms with van der Waals surface area (Å²) in [6.07, 6.45) is 2.54. The molecule has 130 valence electrons. The number of aromatic nitrogens is 3. The topological polar surface area (TPSA) is 53.6 Å². The Labute approximate surface area is 153 Å². The van der Waals surface area contributed by atoms with Crippen molar-refractivity contribution >= 4 is 22.4 Å². The molecule has 0 aliphatic rings. The molecule has 0 unspecified atom stereocenters. The fourth-order valence-electron chi connectivity index (χ4n) is 3.41. The smallest absolute Gasteiger partial charge is 0.135 e. The van der Waals surface area contributed by atoms with Crippen LogP contribution in [0.5, 0.6) is 0 Å². The summed E-state index contributed by atoms with van der Waals surface area (Å²) in [7, 11) is 0. The Hall–Kier alpha value is -3.14. The molecule has 0 bridgehead atoms. The molecule has 0 atom stereocenters. The highest BCUT2D eigenvalue weighted by atomic mass is 15.0. The van der Waals surface area contributed by atoms with Crippen LogP contribution in [-0.2, 0) is 6.42 Å². The maximum Gasteiger partial charge on any atom is 0.135 e. The van der Waals surface area contributed by atoms with Gasteiger partial charge in [0.2, 0.25) is 0 Å². The average molecular weight is 342 g/mol. The minimum atomic E-state index is 0.730. The number of aromatic amines is 1. The first-order valence-corrected chi connectivity index (χ1v) is 8.81. The molecule has 0 radical (unpaired) electrons. The molecular formula is C22H22N4. The molecule has 26 heavy (non-hydrogen) atoms. The zero-order chi connectivity index (χ0) is 18.1. The zero-order valence-electron chi connectivity index (χ0n) is 15.3. The summed E-state index contributed by atoms with van der Waals surface area (Å²) in [6.45, 7) is 6.30. The van der Waals surface area contributed by atoms with Gasteiger partial charge in [-0.1, -0.05) is 29.3 Å². The summed E-state index contributed by atoms with van der Waals surface area (Å²) in [6, 6.07) is 16.9. The van der Waals surface area contributed by atoms with Crippen molar-refractivity contribution in [1.82, 2.24) is 15.0 Å². The van der Waals surface area contributed by atoms with Crippen LogP contribution in [0.4, 0.5) is 11.5 Å². The quantitative estimate of drug-likeness (QED) is 0.535. The average Bonchev–Trinajstić information content (AvgIpc) is 2.93. The number of anilines is 2. The third kappa shape index (κ3) is 3.59. The molecule has 4 rings (SSSR count). The number of nitrogens with one attached hydrogen (secondary N) is 2. The first-order chi connectivity index (χ1) is 12.5. The van der Waals surface area contributed by atoms with E-state index in [1.807, 2.05) is 12.3 Å². The summed E-state index contributed by atoms with van der Waals surface area (Å²) in [5.41, 5.74) is 7.10. The molecule has 0 spiro atoms. The van der Waals surface area contributed by atoms with Gasteiger partial charge in [-0.3, -0.25) is 0 Å². The first kappa shape index (κ1) is 16.3. The number of hydrogen-bond acceptors (Lipinski definition) is 3. The van der Waals surface area contributed by atoms with Crippen molar-refractivity contribution in [2.45, 2.75) is 27.2 Å². The predicted octanol–water partition coefficient (Wildman–Crippen LogP) is 5.22. The summed E-state index contributed by atoms with van der Waals surface area (Å²) in [4.78, 5) is 12.5. The molecule has 0 fully saturated rings. The maximum atomic E-state index is 4.68. The van der Waals surface area contributed by atoms with Crippen LogP contribution in [0.25, 0.3) is 10.9 Å². The minimum absolute atomic E-state index is 0.730. The van der Waals surface area contributed by atoms with E-state index in [4.69, 9.17) is 0 Å². The van der Waals surface area contributed by atoms with Crippen LogP contribution in [0.1, 0.15) is 28.2 Å². The van der Waals surface area contributed by atoms with Gasteiger partial charge in [0.25, 0.3) is 0 Å². The van der Waals surface area contributed by atoms with Crippen molar-refractivity contribution in [1.29, 1.82) is 0 Å². The van der Waals surface area contributed by atoms with Crippen molar-refractivity contribution in [3.63, 3.8) is 0 Å². The fraction of sp³-hybridized carbons (Fsp3) is 0.182. The lowest BCUT2D eigenvalue weighted by Gasteiger charge is -2.08. The van der Waals surface area contributed by atoms with Crippen molar-refractivity contribution in [2.75, 3.05) is 5.32 Å². The molecule has 2 N–H and O–H groups in total. The van der Waals surface area contributed by atoms with E-state index in [1.54, 1.807) is 0 Å². The Morgan fingerprint density at radius 1 is 0.923 bits per heavy atom. The first-order valence-electron chi connectivity index (χ1n) is 8.81. The monoisotopic (exact) mass is 342 g/mol. The normalized spacial score (nSPS) is 11.0. The summed E-state index contributed by atoms with van der Waals surface area (Å²) in [5, 5.41) is 4.58. The summed E-state index contributed by atoms with van der Waals surface area (Å²) < 4.78 is 0. The lowest BCUT2D eigenvalue weighted by molar-refractivity contribution is 0.968. The van der Waals surface area contributed by atoms with Gasteiger partial charge in [-0.25, -0.2) is 9.97 Å². The Kier molecular flexibility index (Phi) is 4.17. The Bertz CT molecular complexity index is 1060. The zero-order valence-corrected chi connectivity index (χ0v) is 15.3. The lowest BCUT2D eigenvalue weighted by atomic mass is 10.0. The molecule has 4 aromatic rings. The molecule has 2 aromatic carbocycles. The van der Waals surface area contributed by atoms with Gasteiger partial charge < -0.3 is 10.3 Å². The summed E-state index contributed by atoms with van der Waals surface area (Å²) >= 11 is 0. The van der Waals surface area contributed by atoms with E-state index < -0.39 is 0 Å². The Balaban J connectivity index is 1.56. The number of benzene rings is 2. The van der Waals surface area contributed by atoms with Crippen molar-refractivity contribution in [3.8, 4) is 0 Å². The number of aryl methyl sites for hydroxylation is 3. The second kappa shape index (κ2) is 6.64.